The van der Waals surface area contributed by atoms with E-state index >= 15 is 0 Å². The van der Waals surface area contributed by atoms with Gasteiger partial charge in [-0.25, -0.2) is 0 Å². The van der Waals surface area contributed by atoms with Gasteiger partial charge in [-0.05, 0) is 6.42 Å². The maximum atomic E-state index is 2.35. The third-order valence-corrected chi connectivity index (χ3v) is 2.98. The Morgan fingerprint density at radius 2 is 1.57 bits per heavy atom. The quantitative estimate of drug-likeness (QED) is 0.336. The van der Waals surface area contributed by atoms with Crippen molar-refractivity contribution in [3.63, 3.8) is 0 Å². The highest BCUT2D eigenvalue weighted by molar-refractivity contribution is 6.80. The number of allylic oxidation sites excluding steroid dienone is 5. The van der Waals surface area contributed by atoms with Gasteiger partial charge in [-0.3, -0.25) is 0 Å². The molecule has 0 aliphatic rings. The molecular formula is C13H24Si. The molecule has 1 heteroatoms. The zero-order valence-electron chi connectivity index (χ0n) is 10.1. The Labute approximate surface area is 90.4 Å². The smallest absolute Gasteiger partial charge is 0.0687 e. The molecule has 0 bridgehead atoms. The Morgan fingerprint density at radius 3 is 2.14 bits per heavy atom. The molecule has 0 aliphatic heterocycles. The van der Waals surface area contributed by atoms with Crippen LogP contribution >= 0.6 is 0 Å². The standard InChI is InChI=1S/C13H24Si/c1-5-6-7-8-9-10-11-12-13-14(2,3)4/h8-13H,5-7H2,1-4H3/b9-8+,11-10+,13-12+. The molecule has 0 N–H and O–H groups in total. The Balaban J connectivity index is 3.63. The van der Waals surface area contributed by atoms with Gasteiger partial charge in [0, 0.05) is 0 Å². The van der Waals surface area contributed by atoms with Crippen molar-refractivity contribution in [2.24, 2.45) is 0 Å². The Bertz CT molecular complexity index is 204. The van der Waals surface area contributed by atoms with Crippen LogP contribution in [0.5, 0.6) is 0 Å². The number of unbranched alkanes of at least 4 members (excludes halogenated alkanes) is 2. The lowest BCUT2D eigenvalue weighted by Gasteiger charge is -2.06. The summed E-state index contributed by atoms with van der Waals surface area (Å²) in [6.07, 6.45) is 14.6. The van der Waals surface area contributed by atoms with Gasteiger partial charge in [-0.2, -0.15) is 0 Å². The minimum atomic E-state index is -0.994. The summed E-state index contributed by atoms with van der Waals surface area (Å²) in [6.45, 7) is 9.25. The van der Waals surface area contributed by atoms with E-state index in [1.54, 1.807) is 0 Å². The van der Waals surface area contributed by atoms with Gasteiger partial charge in [0.1, 0.15) is 0 Å². The molecule has 0 atom stereocenters. The fraction of sp³-hybridized carbons (Fsp3) is 0.538. The largest absolute Gasteiger partial charge is 0.0950 e. The van der Waals surface area contributed by atoms with Crippen LogP contribution in [-0.2, 0) is 0 Å². The highest BCUT2D eigenvalue weighted by atomic mass is 28.3. The summed E-state index contributed by atoms with van der Waals surface area (Å²) < 4.78 is 0. The van der Waals surface area contributed by atoms with Crippen LogP contribution in [0, 0.1) is 0 Å². The van der Waals surface area contributed by atoms with Gasteiger partial charge in [0.25, 0.3) is 0 Å². The molecule has 0 aromatic carbocycles. The molecule has 0 aliphatic carbocycles. The lowest BCUT2D eigenvalue weighted by molar-refractivity contribution is 0.815. The normalized spacial score (nSPS) is 13.7. The molecule has 0 fully saturated rings. The maximum absolute atomic E-state index is 2.35. The molecule has 0 rings (SSSR count). The van der Waals surface area contributed by atoms with Crippen molar-refractivity contribution >= 4 is 8.07 Å². The average molecular weight is 208 g/mol. The molecule has 0 saturated heterocycles. The van der Waals surface area contributed by atoms with Gasteiger partial charge < -0.3 is 0 Å². The third kappa shape index (κ3) is 11.4. The molecule has 0 unspecified atom stereocenters. The zero-order chi connectivity index (χ0) is 10.9. The Kier molecular flexibility index (Phi) is 7.49. The fourth-order valence-corrected chi connectivity index (χ4v) is 1.66. The van der Waals surface area contributed by atoms with Crippen molar-refractivity contribution in [3.05, 3.63) is 36.1 Å². The maximum Gasteiger partial charge on any atom is 0.0687 e. The number of rotatable bonds is 6. The first-order valence-electron chi connectivity index (χ1n) is 5.57. The molecule has 0 spiro atoms. The second-order valence-corrected chi connectivity index (χ2v) is 9.75. The first-order chi connectivity index (χ1) is 6.56. The van der Waals surface area contributed by atoms with Gasteiger partial charge in [-0.1, -0.05) is 75.5 Å². The van der Waals surface area contributed by atoms with Crippen LogP contribution in [0.2, 0.25) is 19.6 Å². The summed E-state index contributed by atoms with van der Waals surface area (Å²) in [4.78, 5) is 0. The van der Waals surface area contributed by atoms with Crippen molar-refractivity contribution in [3.8, 4) is 0 Å². The Morgan fingerprint density at radius 1 is 0.929 bits per heavy atom. The third-order valence-electron chi connectivity index (χ3n) is 1.79. The Hall–Kier alpha value is -0.563. The fourth-order valence-electron chi connectivity index (χ4n) is 0.969. The molecule has 0 heterocycles. The van der Waals surface area contributed by atoms with E-state index in [4.69, 9.17) is 0 Å². The van der Waals surface area contributed by atoms with E-state index in [1.165, 1.54) is 19.3 Å². The van der Waals surface area contributed by atoms with Gasteiger partial charge in [-0.15, -0.1) is 0 Å². The van der Waals surface area contributed by atoms with Crippen LogP contribution in [0.15, 0.2) is 36.1 Å². The number of hydrogen-bond donors (Lipinski definition) is 0. The van der Waals surface area contributed by atoms with Crippen molar-refractivity contribution in [1.82, 2.24) is 0 Å². The summed E-state index contributed by atoms with van der Waals surface area (Å²) in [7, 11) is -0.994. The van der Waals surface area contributed by atoms with Crippen LogP contribution in [0.3, 0.4) is 0 Å². The van der Waals surface area contributed by atoms with Crippen LogP contribution < -0.4 is 0 Å². The van der Waals surface area contributed by atoms with Gasteiger partial charge >= 0.3 is 0 Å². The molecule has 0 aromatic heterocycles. The summed E-state index contributed by atoms with van der Waals surface area (Å²) in [5.74, 6) is 0. The lowest BCUT2D eigenvalue weighted by Crippen LogP contribution is -2.14. The second-order valence-electron chi connectivity index (χ2n) is 4.68. The van der Waals surface area contributed by atoms with E-state index in [-0.39, 0.29) is 0 Å². The predicted molar refractivity (Wildman–Crippen MR) is 70.3 cm³/mol. The topological polar surface area (TPSA) is 0 Å². The van der Waals surface area contributed by atoms with E-state index in [9.17, 15) is 0 Å². The van der Waals surface area contributed by atoms with E-state index in [2.05, 4.69) is 62.6 Å². The van der Waals surface area contributed by atoms with Crippen LogP contribution in [0.25, 0.3) is 0 Å². The summed E-state index contributed by atoms with van der Waals surface area (Å²) in [6, 6.07) is 0. The molecule has 0 amide bonds. The summed E-state index contributed by atoms with van der Waals surface area (Å²) >= 11 is 0. The van der Waals surface area contributed by atoms with Crippen molar-refractivity contribution in [1.29, 1.82) is 0 Å². The first-order valence-corrected chi connectivity index (χ1v) is 9.15. The van der Waals surface area contributed by atoms with E-state index in [0.29, 0.717) is 0 Å². The van der Waals surface area contributed by atoms with Crippen molar-refractivity contribution in [2.45, 2.75) is 45.8 Å². The van der Waals surface area contributed by atoms with Crippen molar-refractivity contribution in [2.75, 3.05) is 0 Å². The minimum Gasteiger partial charge on any atom is -0.0950 e. The molecular weight excluding hydrogens is 184 g/mol. The minimum absolute atomic E-state index is 0.994. The highest BCUT2D eigenvalue weighted by Crippen LogP contribution is 2.01. The summed E-state index contributed by atoms with van der Waals surface area (Å²) in [5.41, 5.74) is 2.35. The lowest BCUT2D eigenvalue weighted by atomic mass is 10.2. The molecule has 0 aromatic rings. The van der Waals surface area contributed by atoms with Gasteiger partial charge in [0.2, 0.25) is 0 Å². The summed E-state index contributed by atoms with van der Waals surface area (Å²) in [5, 5.41) is 0. The zero-order valence-corrected chi connectivity index (χ0v) is 11.1. The van der Waals surface area contributed by atoms with E-state index in [0.717, 1.165) is 0 Å². The average Bonchev–Trinajstić information content (AvgIpc) is 2.08. The predicted octanol–water partition coefficient (Wildman–Crippen LogP) is 4.72. The van der Waals surface area contributed by atoms with E-state index < -0.39 is 8.07 Å². The first kappa shape index (κ1) is 13.4. The molecule has 80 valence electrons. The molecule has 0 nitrogen and oxygen atoms in total. The van der Waals surface area contributed by atoms with Crippen molar-refractivity contribution < 1.29 is 0 Å². The molecule has 14 heavy (non-hydrogen) atoms. The SMILES string of the molecule is CCCC/C=C/C=C/C=C/[Si](C)(C)C. The molecule has 0 radical (unpaired) electrons. The number of hydrogen-bond acceptors (Lipinski definition) is 0. The second kappa shape index (κ2) is 7.81. The highest BCUT2D eigenvalue weighted by Gasteiger charge is 2.05. The van der Waals surface area contributed by atoms with Crippen LogP contribution in [0.1, 0.15) is 26.2 Å². The van der Waals surface area contributed by atoms with Crippen LogP contribution in [0.4, 0.5) is 0 Å². The van der Waals surface area contributed by atoms with E-state index in [1.807, 2.05) is 0 Å². The van der Waals surface area contributed by atoms with Gasteiger partial charge in [0.15, 0.2) is 0 Å². The monoisotopic (exact) mass is 208 g/mol. The molecule has 0 saturated carbocycles. The van der Waals surface area contributed by atoms with Crippen LogP contribution in [-0.4, -0.2) is 8.07 Å². The van der Waals surface area contributed by atoms with Gasteiger partial charge in [0.05, 0.1) is 8.07 Å².